The number of carbonyl (C=O) groups excluding carboxylic acids is 1. The van der Waals surface area contributed by atoms with Crippen LogP contribution in [0.15, 0.2) is 81.7 Å². The van der Waals surface area contributed by atoms with E-state index in [1.165, 1.54) is 36.0 Å². The fraction of sp³-hybridized carbons (Fsp3) is 0.182. The Labute approximate surface area is 191 Å². The summed E-state index contributed by atoms with van der Waals surface area (Å²) in [5, 5.41) is 4.11. The smallest absolute Gasteiger partial charge is 0.261 e. The first-order valence-corrected chi connectivity index (χ1v) is 12.3. The first kappa shape index (κ1) is 23.1. The second-order valence-electron chi connectivity index (χ2n) is 6.85. The van der Waals surface area contributed by atoms with Crippen LogP contribution in [0.4, 0.5) is 5.69 Å². The number of nitrogens with one attached hydrogen (secondary N) is 2. The molecule has 1 heterocycles. The fourth-order valence-corrected chi connectivity index (χ4v) is 4.46. The van der Waals surface area contributed by atoms with Gasteiger partial charge in [0.25, 0.3) is 15.9 Å². The van der Waals surface area contributed by atoms with Crippen molar-refractivity contribution in [3.05, 3.63) is 77.4 Å². The van der Waals surface area contributed by atoms with Gasteiger partial charge in [0.1, 0.15) is 5.03 Å². The van der Waals surface area contributed by atoms with E-state index in [1.807, 2.05) is 13.8 Å². The highest BCUT2D eigenvalue weighted by Crippen LogP contribution is 2.28. The Hall–Kier alpha value is -2.55. The molecule has 0 aliphatic heterocycles. The number of hydrogen-bond donors (Lipinski definition) is 2. The second-order valence-corrected chi connectivity index (χ2v) is 10.1. The average Bonchev–Trinajstić information content (AvgIpc) is 2.75. The van der Waals surface area contributed by atoms with Crippen LogP contribution in [0, 0.1) is 0 Å². The maximum absolute atomic E-state index is 12.5. The number of carbonyl (C=O) groups is 1. The summed E-state index contributed by atoms with van der Waals surface area (Å²) in [6, 6.07) is 16.6. The van der Waals surface area contributed by atoms with Gasteiger partial charge in [-0.1, -0.05) is 30.3 Å². The Morgan fingerprint density at radius 3 is 2.32 bits per heavy atom. The van der Waals surface area contributed by atoms with Crippen LogP contribution in [0.1, 0.15) is 30.6 Å². The Morgan fingerprint density at radius 1 is 1.06 bits per heavy atom. The molecule has 6 nitrogen and oxygen atoms in total. The minimum Gasteiger partial charge on any atom is -0.350 e. The third kappa shape index (κ3) is 6.46. The molecule has 0 saturated carbocycles. The highest BCUT2D eigenvalue weighted by Gasteiger charge is 2.14. The fourth-order valence-electron chi connectivity index (χ4n) is 2.52. The van der Waals surface area contributed by atoms with Gasteiger partial charge in [0.2, 0.25) is 0 Å². The molecule has 31 heavy (non-hydrogen) atoms. The summed E-state index contributed by atoms with van der Waals surface area (Å²) < 4.78 is 27.5. The number of aromatic nitrogens is 1. The van der Waals surface area contributed by atoms with Crippen molar-refractivity contribution in [1.82, 2.24) is 10.3 Å². The second kappa shape index (κ2) is 10.2. The van der Waals surface area contributed by atoms with Crippen molar-refractivity contribution in [2.75, 3.05) is 4.72 Å². The Balaban J connectivity index is 1.63. The first-order valence-electron chi connectivity index (χ1n) is 9.60. The van der Waals surface area contributed by atoms with Crippen LogP contribution in [-0.4, -0.2) is 25.4 Å². The van der Waals surface area contributed by atoms with Gasteiger partial charge in [-0.25, -0.2) is 13.4 Å². The highest BCUT2D eigenvalue weighted by molar-refractivity contribution is 7.99. The zero-order valence-electron chi connectivity index (χ0n) is 17.0. The minimum absolute atomic E-state index is 0.109. The maximum Gasteiger partial charge on any atom is 0.261 e. The molecule has 0 fully saturated rings. The van der Waals surface area contributed by atoms with E-state index in [9.17, 15) is 13.2 Å². The Kier molecular flexibility index (Phi) is 7.59. The number of nitrogens with zero attached hydrogens (tertiary/aromatic N) is 1. The Morgan fingerprint density at radius 2 is 1.74 bits per heavy atom. The molecule has 1 aromatic heterocycles. The lowest BCUT2D eigenvalue weighted by Crippen LogP contribution is -2.31. The van der Waals surface area contributed by atoms with Crippen LogP contribution in [0.3, 0.4) is 0 Å². The van der Waals surface area contributed by atoms with E-state index < -0.39 is 10.0 Å². The number of benzene rings is 2. The quantitative estimate of drug-likeness (QED) is 0.466. The van der Waals surface area contributed by atoms with E-state index in [1.54, 1.807) is 42.6 Å². The van der Waals surface area contributed by atoms with Gasteiger partial charge in [-0.3, -0.25) is 9.52 Å². The van der Waals surface area contributed by atoms with Crippen molar-refractivity contribution >= 4 is 45.0 Å². The molecule has 0 bridgehead atoms. The van der Waals surface area contributed by atoms with Gasteiger partial charge in [0.15, 0.2) is 0 Å². The molecular formula is C22H22ClN3O3S2. The monoisotopic (exact) mass is 475 g/mol. The van der Waals surface area contributed by atoms with Gasteiger partial charge < -0.3 is 5.32 Å². The van der Waals surface area contributed by atoms with Gasteiger partial charge in [0.05, 0.1) is 10.5 Å². The van der Waals surface area contributed by atoms with Crippen molar-refractivity contribution in [2.24, 2.45) is 0 Å². The third-order valence-corrected chi connectivity index (χ3v) is 7.05. The van der Waals surface area contributed by atoms with E-state index in [-0.39, 0.29) is 16.8 Å². The number of halogens is 1. The van der Waals surface area contributed by atoms with E-state index >= 15 is 0 Å². The van der Waals surface area contributed by atoms with E-state index in [0.29, 0.717) is 16.3 Å². The van der Waals surface area contributed by atoms with Gasteiger partial charge >= 0.3 is 0 Å². The zero-order valence-corrected chi connectivity index (χ0v) is 19.4. The summed E-state index contributed by atoms with van der Waals surface area (Å²) >= 11 is 7.23. The minimum atomic E-state index is -3.69. The van der Waals surface area contributed by atoms with Crippen molar-refractivity contribution in [3.8, 4) is 0 Å². The number of amides is 1. The predicted octanol–water partition coefficient (Wildman–Crippen LogP) is 5.22. The number of anilines is 1. The topological polar surface area (TPSA) is 88.2 Å². The molecular weight excluding hydrogens is 454 g/mol. The predicted molar refractivity (Wildman–Crippen MR) is 124 cm³/mol. The molecule has 1 amide bonds. The third-order valence-electron chi connectivity index (χ3n) is 4.44. The van der Waals surface area contributed by atoms with Crippen molar-refractivity contribution < 1.29 is 13.2 Å². The molecule has 2 N–H and O–H groups in total. The lowest BCUT2D eigenvalue weighted by molar-refractivity contribution is 0.0939. The van der Waals surface area contributed by atoms with E-state index in [0.717, 1.165) is 16.3 Å². The molecule has 0 aliphatic carbocycles. The molecule has 3 rings (SSSR count). The van der Waals surface area contributed by atoms with Gasteiger partial charge in [-0.2, -0.15) is 0 Å². The van der Waals surface area contributed by atoms with E-state index in [2.05, 4.69) is 15.0 Å². The van der Waals surface area contributed by atoms with Crippen molar-refractivity contribution in [2.45, 2.75) is 41.1 Å². The molecule has 162 valence electrons. The Bertz CT molecular complexity index is 1130. The summed E-state index contributed by atoms with van der Waals surface area (Å²) in [6.07, 6.45) is 2.41. The van der Waals surface area contributed by atoms with Crippen LogP contribution >= 0.6 is 23.4 Å². The summed E-state index contributed by atoms with van der Waals surface area (Å²) in [6.45, 7) is 3.96. The molecule has 1 atom stereocenters. The average molecular weight is 476 g/mol. The lowest BCUT2D eigenvalue weighted by Gasteiger charge is -2.11. The number of pyridine rings is 1. The summed E-state index contributed by atoms with van der Waals surface area (Å²) in [5.41, 5.74) is 0.959. The molecule has 9 heteroatoms. The molecule has 0 spiro atoms. The van der Waals surface area contributed by atoms with Crippen LogP contribution in [-0.2, 0) is 10.0 Å². The normalized spacial score (nSPS) is 12.2. The largest absolute Gasteiger partial charge is 0.350 e. The molecule has 2 aromatic carbocycles. The zero-order chi connectivity index (χ0) is 22.4. The van der Waals surface area contributed by atoms with Gasteiger partial charge in [0, 0.05) is 27.8 Å². The van der Waals surface area contributed by atoms with Crippen LogP contribution in [0.25, 0.3) is 0 Å². The molecule has 0 aliphatic rings. The van der Waals surface area contributed by atoms with Crippen LogP contribution < -0.4 is 10.0 Å². The first-order chi connectivity index (χ1) is 14.8. The highest BCUT2D eigenvalue weighted by atomic mass is 35.5. The van der Waals surface area contributed by atoms with Crippen molar-refractivity contribution in [1.29, 1.82) is 0 Å². The lowest BCUT2D eigenvalue weighted by atomic mass is 10.2. The summed E-state index contributed by atoms with van der Waals surface area (Å²) in [5.74, 6) is -0.143. The molecule has 3 aromatic rings. The number of hydrogen-bond acceptors (Lipinski definition) is 5. The van der Waals surface area contributed by atoms with Crippen LogP contribution in [0.5, 0.6) is 0 Å². The number of sulfonamides is 1. The standard InChI is InChI=1S/C22H22ClN3O3S2/c1-3-15(2)25-22(27)16-4-13-21(24-14-16)30-19-9-7-18(8-10-19)26-31(28,29)20-11-5-17(23)6-12-20/h4-15,26H,3H2,1-2H3,(H,25,27)/t15-/m0/s1. The maximum atomic E-state index is 12.5. The summed E-state index contributed by atoms with van der Waals surface area (Å²) in [7, 11) is -3.69. The van der Waals surface area contributed by atoms with Crippen LogP contribution in [0.2, 0.25) is 5.02 Å². The van der Waals surface area contributed by atoms with Crippen molar-refractivity contribution in [3.63, 3.8) is 0 Å². The summed E-state index contributed by atoms with van der Waals surface area (Å²) in [4.78, 5) is 17.5. The van der Waals surface area contributed by atoms with Gasteiger partial charge in [-0.05, 0) is 74.0 Å². The molecule has 0 radical (unpaired) electrons. The van der Waals surface area contributed by atoms with Gasteiger partial charge in [-0.15, -0.1) is 0 Å². The SMILES string of the molecule is CC[C@H](C)NC(=O)c1ccc(Sc2ccc(NS(=O)(=O)c3ccc(Cl)cc3)cc2)nc1. The number of rotatable bonds is 8. The molecule has 0 unspecified atom stereocenters. The van der Waals surface area contributed by atoms with E-state index in [4.69, 9.17) is 11.6 Å². The molecule has 0 saturated heterocycles.